The number of hydrogen-bond acceptors (Lipinski definition) is 5. The maximum atomic E-state index is 11.2. The van der Waals surface area contributed by atoms with Crippen molar-refractivity contribution in [3.63, 3.8) is 0 Å². The first-order valence-electron chi connectivity index (χ1n) is 3.88. The Labute approximate surface area is 78.4 Å². The smallest absolute Gasteiger partial charge is 0.422 e. The second kappa shape index (κ2) is 3.20. The highest BCUT2D eigenvalue weighted by atomic mass is 16.4. The molecule has 0 saturated heterocycles. The molecule has 0 aromatic carbocycles. The first-order chi connectivity index (χ1) is 6.68. The molecule has 0 unspecified atom stereocenters. The van der Waals surface area contributed by atoms with Crippen LogP contribution < -0.4 is 11.2 Å². The van der Waals surface area contributed by atoms with E-state index in [4.69, 9.17) is 10.0 Å². The van der Waals surface area contributed by atoms with E-state index in [-0.39, 0.29) is 11.2 Å². The number of rotatable bonds is 1. The molecule has 0 spiro atoms. The Hall–Kier alpha value is -1.73. The molecular weight excluding hydrogens is 185 g/mol. The van der Waals surface area contributed by atoms with Crippen LogP contribution in [0.2, 0.25) is 0 Å². The highest BCUT2D eigenvalue weighted by molar-refractivity contribution is 6.57. The van der Waals surface area contributed by atoms with Gasteiger partial charge in [-0.25, -0.2) is 5.10 Å². The van der Waals surface area contributed by atoms with E-state index in [1.54, 1.807) is 0 Å². The van der Waals surface area contributed by atoms with Gasteiger partial charge in [0, 0.05) is 11.6 Å². The van der Waals surface area contributed by atoms with Gasteiger partial charge in [0.15, 0.2) is 0 Å². The van der Waals surface area contributed by atoms with E-state index in [2.05, 4.69) is 15.2 Å². The lowest BCUT2D eigenvalue weighted by Gasteiger charge is -1.99. The van der Waals surface area contributed by atoms with Crippen LogP contribution >= 0.6 is 0 Å². The van der Waals surface area contributed by atoms with Gasteiger partial charge in [0.1, 0.15) is 0 Å². The molecule has 2 heterocycles. The molecule has 2 aromatic heterocycles. The number of H-pyrrole nitrogens is 1. The van der Waals surface area contributed by atoms with Gasteiger partial charge in [-0.3, -0.25) is 9.78 Å². The molecule has 70 valence electrons. The summed E-state index contributed by atoms with van der Waals surface area (Å²) in [6.45, 7) is 0. The molecule has 0 atom stereocenters. The van der Waals surface area contributed by atoms with Crippen molar-refractivity contribution in [2.75, 3.05) is 0 Å². The first kappa shape index (κ1) is 8.85. The van der Waals surface area contributed by atoms with Crippen LogP contribution in [0.1, 0.15) is 0 Å². The summed E-state index contributed by atoms with van der Waals surface area (Å²) in [5.74, 6) is 0. The lowest BCUT2D eigenvalue weighted by Crippen LogP contribution is -2.32. The summed E-state index contributed by atoms with van der Waals surface area (Å²) in [6.07, 6.45) is 2.70. The van der Waals surface area contributed by atoms with Gasteiger partial charge in [0.05, 0.1) is 17.2 Å². The average molecular weight is 191 g/mol. The van der Waals surface area contributed by atoms with Gasteiger partial charge in [0.25, 0.3) is 5.56 Å². The predicted octanol–water partition coefficient (Wildman–Crippen LogP) is -2.00. The van der Waals surface area contributed by atoms with Crippen molar-refractivity contribution in [2.24, 2.45) is 0 Å². The van der Waals surface area contributed by atoms with Gasteiger partial charge in [0.2, 0.25) is 0 Å². The normalized spacial score (nSPS) is 10.4. The third-order valence-corrected chi connectivity index (χ3v) is 1.84. The first-order valence-corrected chi connectivity index (χ1v) is 3.88. The van der Waals surface area contributed by atoms with Crippen molar-refractivity contribution in [1.29, 1.82) is 0 Å². The van der Waals surface area contributed by atoms with Gasteiger partial charge in [-0.05, 0) is 6.07 Å². The number of aromatic nitrogens is 3. The van der Waals surface area contributed by atoms with Crippen LogP contribution in [0.25, 0.3) is 10.8 Å². The summed E-state index contributed by atoms with van der Waals surface area (Å²) in [5, 5.41) is 24.4. The molecule has 0 aliphatic carbocycles. The number of hydrogen-bond donors (Lipinski definition) is 3. The van der Waals surface area contributed by atoms with Crippen molar-refractivity contribution >= 4 is 23.5 Å². The number of fused-ring (bicyclic) bond motifs is 1. The molecule has 0 radical (unpaired) electrons. The van der Waals surface area contributed by atoms with Crippen LogP contribution in [0.4, 0.5) is 0 Å². The minimum atomic E-state index is -1.64. The van der Waals surface area contributed by atoms with Crippen LogP contribution in [0, 0.1) is 0 Å². The molecule has 14 heavy (non-hydrogen) atoms. The van der Waals surface area contributed by atoms with Crippen molar-refractivity contribution in [1.82, 2.24) is 15.2 Å². The Morgan fingerprint density at radius 3 is 2.86 bits per heavy atom. The molecule has 2 rings (SSSR count). The van der Waals surface area contributed by atoms with E-state index >= 15 is 0 Å². The van der Waals surface area contributed by atoms with Crippen LogP contribution in [0.15, 0.2) is 23.3 Å². The Kier molecular flexibility index (Phi) is 2.03. The third-order valence-electron chi connectivity index (χ3n) is 1.84. The summed E-state index contributed by atoms with van der Waals surface area (Å²) in [4.78, 5) is 14.9. The molecule has 2 aromatic rings. The van der Waals surface area contributed by atoms with E-state index in [1.165, 1.54) is 18.5 Å². The van der Waals surface area contributed by atoms with Crippen molar-refractivity contribution in [2.45, 2.75) is 0 Å². The van der Waals surface area contributed by atoms with Gasteiger partial charge in [-0.1, -0.05) is 0 Å². The summed E-state index contributed by atoms with van der Waals surface area (Å²) >= 11 is 0. The number of aromatic amines is 1. The summed E-state index contributed by atoms with van der Waals surface area (Å²) in [5.41, 5.74) is -0.265. The molecule has 7 heteroatoms. The molecule has 0 saturated carbocycles. The molecule has 0 aliphatic heterocycles. The fourth-order valence-corrected chi connectivity index (χ4v) is 1.15. The zero-order valence-electron chi connectivity index (χ0n) is 7.01. The Balaban J connectivity index is 2.74. The van der Waals surface area contributed by atoms with E-state index in [1.807, 2.05) is 0 Å². The van der Waals surface area contributed by atoms with Crippen molar-refractivity contribution in [3.05, 3.63) is 28.8 Å². The lowest BCUT2D eigenvalue weighted by atomic mass is 9.85. The predicted molar refractivity (Wildman–Crippen MR) is 50.0 cm³/mol. The molecular formula is C7H6BN3O3. The second-order valence-corrected chi connectivity index (χ2v) is 2.77. The third kappa shape index (κ3) is 1.38. The number of nitrogens with one attached hydrogen (secondary N) is 1. The minimum Gasteiger partial charge on any atom is -0.422 e. The minimum absolute atomic E-state index is 0.0879. The quantitative estimate of drug-likeness (QED) is 0.452. The molecule has 0 aliphatic rings. The van der Waals surface area contributed by atoms with Crippen LogP contribution in [-0.4, -0.2) is 32.3 Å². The van der Waals surface area contributed by atoms with Crippen LogP contribution in [-0.2, 0) is 0 Å². The largest absolute Gasteiger partial charge is 0.508 e. The summed E-state index contributed by atoms with van der Waals surface area (Å²) < 4.78 is 0. The standard InChI is InChI=1S/C7H6BN3O3/c12-7-5-3-9-6(8(13)14)1-4(5)2-10-11-7/h1-3,13-14H,(H,11,12). The second-order valence-electron chi connectivity index (χ2n) is 2.77. The zero-order valence-corrected chi connectivity index (χ0v) is 7.01. The van der Waals surface area contributed by atoms with Gasteiger partial charge in [-0.2, -0.15) is 5.10 Å². The van der Waals surface area contributed by atoms with Crippen molar-refractivity contribution in [3.8, 4) is 0 Å². The summed E-state index contributed by atoms with van der Waals surface area (Å²) in [6, 6.07) is 1.40. The lowest BCUT2D eigenvalue weighted by molar-refractivity contribution is 0.424. The fourth-order valence-electron chi connectivity index (χ4n) is 1.15. The van der Waals surface area contributed by atoms with Crippen LogP contribution in [0.3, 0.4) is 0 Å². The average Bonchev–Trinajstić information content (AvgIpc) is 2.17. The van der Waals surface area contributed by atoms with Crippen molar-refractivity contribution < 1.29 is 10.0 Å². The van der Waals surface area contributed by atoms with Gasteiger partial charge in [-0.15, -0.1) is 0 Å². The SMILES string of the molecule is O=c1[nH]ncc2cc(B(O)O)ncc12. The van der Waals surface area contributed by atoms with Gasteiger partial charge < -0.3 is 10.0 Å². The Morgan fingerprint density at radius 2 is 2.14 bits per heavy atom. The molecule has 0 amide bonds. The zero-order chi connectivity index (χ0) is 10.1. The highest BCUT2D eigenvalue weighted by Crippen LogP contribution is 2.02. The Bertz CT molecular complexity index is 525. The topological polar surface area (TPSA) is 99.1 Å². The fraction of sp³-hybridized carbons (Fsp3) is 0. The maximum Gasteiger partial charge on any atom is 0.508 e. The van der Waals surface area contributed by atoms with E-state index < -0.39 is 7.12 Å². The molecule has 6 nitrogen and oxygen atoms in total. The van der Waals surface area contributed by atoms with Crippen LogP contribution in [0.5, 0.6) is 0 Å². The maximum absolute atomic E-state index is 11.2. The molecule has 0 bridgehead atoms. The molecule has 3 N–H and O–H groups in total. The van der Waals surface area contributed by atoms with E-state index in [9.17, 15) is 4.79 Å². The van der Waals surface area contributed by atoms with E-state index in [0.717, 1.165) is 0 Å². The Morgan fingerprint density at radius 1 is 1.36 bits per heavy atom. The van der Waals surface area contributed by atoms with E-state index in [0.29, 0.717) is 10.8 Å². The van der Waals surface area contributed by atoms with Gasteiger partial charge >= 0.3 is 7.12 Å². The monoisotopic (exact) mass is 191 g/mol. The number of pyridine rings is 1. The summed E-state index contributed by atoms with van der Waals surface area (Å²) in [7, 11) is -1.64. The number of nitrogens with zero attached hydrogens (tertiary/aromatic N) is 2. The molecule has 0 fully saturated rings. The highest BCUT2D eigenvalue weighted by Gasteiger charge is 2.13.